The molecule has 4 nitrogen and oxygen atoms in total. The highest BCUT2D eigenvalue weighted by Gasteiger charge is 2.53. The van der Waals surface area contributed by atoms with Crippen molar-refractivity contribution in [3.05, 3.63) is 22.4 Å². The summed E-state index contributed by atoms with van der Waals surface area (Å²) in [6.07, 6.45) is 4.86. The minimum absolute atomic E-state index is 0.0742. The Balaban J connectivity index is 1.41. The monoisotopic (exact) mass is 348 g/mol. The molecule has 1 amide bonds. The van der Waals surface area contributed by atoms with Gasteiger partial charge in [0.25, 0.3) is 0 Å². The van der Waals surface area contributed by atoms with E-state index in [0.29, 0.717) is 12.5 Å². The third kappa shape index (κ3) is 3.26. The number of nitrogens with zero attached hydrogens (tertiary/aromatic N) is 2. The van der Waals surface area contributed by atoms with Crippen molar-refractivity contribution in [2.24, 2.45) is 17.3 Å². The summed E-state index contributed by atoms with van der Waals surface area (Å²) < 4.78 is 5.45. The summed E-state index contributed by atoms with van der Waals surface area (Å²) in [5, 5.41) is 2.15. The van der Waals surface area contributed by atoms with Crippen molar-refractivity contribution in [2.45, 2.75) is 32.2 Å². The van der Waals surface area contributed by atoms with Crippen molar-refractivity contribution in [3.8, 4) is 0 Å². The number of thiophene rings is 1. The highest BCUT2D eigenvalue weighted by Crippen LogP contribution is 2.47. The van der Waals surface area contributed by atoms with Gasteiger partial charge in [-0.2, -0.15) is 0 Å². The zero-order valence-corrected chi connectivity index (χ0v) is 15.4. The smallest absolute Gasteiger partial charge is 0.228 e. The van der Waals surface area contributed by atoms with Crippen LogP contribution in [0.2, 0.25) is 0 Å². The second-order valence-corrected chi connectivity index (χ2v) is 8.92. The molecule has 4 rings (SSSR count). The fraction of sp³-hybridized carbons (Fsp3) is 0.737. The predicted octanol–water partition coefficient (Wildman–Crippen LogP) is 2.85. The van der Waals surface area contributed by atoms with E-state index >= 15 is 0 Å². The van der Waals surface area contributed by atoms with Crippen molar-refractivity contribution in [1.82, 2.24) is 9.80 Å². The number of likely N-dealkylation sites (tertiary alicyclic amines) is 2. The molecule has 2 aliphatic heterocycles. The summed E-state index contributed by atoms with van der Waals surface area (Å²) in [5.74, 6) is 1.20. The van der Waals surface area contributed by atoms with Crippen molar-refractivity contribution < 1.29 is 9.53 Å². The van der Waals surface area contributed by atoms with Crippen molar-refractivity contribution in [2.75, 3.05) is 39.9 Å². The standard InChI is InChI=1S/C19H28N2O2S/c1-23-13-17-18(22)21(11-15-4-5-15)14-19(17)6-8-20(9-7-19)12-16-3-2-10-24-16/h2-3,10,15,17H,4-9,11-14H2,1H3/t17-/m0/s1. The van der Waals surface area contributed by atoms with Crippen LogP contribution in [-0.2, 0) is 16.1 Å². The van der Waals surface area contributed by atoms with Crippen LogP contribution in [0.1, 0.15) is 30.6 Å². The first kappa shape index (κ1) is 16.6. The number of hydrogen-bond donors (Lipinski definition) is 0. The van der Waals surface area contributed by atoms with E-state index in [1.165, 1.54) is 17.7 Å². The molecular formula is C19H28N2O2S. The number of ether oxygens (including phenoxy) is 1. The zero-order chi connectivity index (χ0) is 16.6. The second kappa shape index (κ2) is 6.77. The normalized spacial score (nSPS) is 27.3. The molecule has 1 spiro atoms. The van der Waals surface area contributed by atoms with Gasteiger partial charge in [0.05, 0.1) is 12.5 Å². The molecule has 0 N–H and O–H groups in total. The first-order valence-electron chi connectivity index (χ1n) is 9.23. The molecule has 0 radical (unpaired) electrons. The van der Waals surface area contributed by atoms with E-state index in [1.807, 2.05) is 11.3 Å². The van der Waals surface area contributed by atoms with Gasteiger partial charge in [-0.3, -0.25) is 9.69 Å². The summed E-state index contributed by atoms with van der Waals surface area (Å²) in [6.45, 7) is 5.79. The van der Waals surface area contributed by atoms with Crippen LogP contribution < -0.4 is 0 Å². The van der Waals surface area contributed by atoms with E-state index in [0.717, 1.165) is 51.5 Å². The molecule has 1 aliphatic carbocycles. The Morgan fingerprint density at radius 3 is 2.75 bits per heavy atom. The average Bonchev–Trinajstić information content (AvgIpc) is 3.19. The van der Waals surface area contributed by atoms with Crippen LogP contribution in [-0.4, -0.2) is 55.6 Å². The van der Waals surface area contributed by atoms with Crippen LogP contribution in [0.4, 0.5) is 0 Å². The third-order valence-corrected chi connectivity index (χ3v) is 7.04. The molecule has 3 heterocycles. The molecule has 1 atom stereocenters. The van der Waals surface area contributed by atoms with Gasteiger partial charge in [-0.15, -0.1) is 11.3 Å². The molecule has 132 valence electrons. The number of methoxy groups -OCH3 is 1. The number of carbonyl (C=O) groups is 1. The fourth-order valence-corrected chi connectivity index (χ4v) is 5.26. The molecular weight excluding hydrogens is 320 g/mol. The number of hydrogen-bond acceptors (Lipinski definition) is 4. The van der Waals surface area contributed by atoms with Crippen LogP contribution in [0.15, 0.2) is 17.5 Å². The largest absolute Gasteiger partial charge is 0.384 e. The summed E-state index contributed by atoms with van der Waals surface area (Å²) in [4.78, 5) is 19.1. The first-order chi connectivity index (χ1) is 11.7. The van der Waals surface area contributed by atoms with Crippen LogP contribution in [0.25, 0.3) is 0 Å². The van der Waals surface area contributed by atoms with Gasteiger partial charge in [-0.25, -0.2) is 0 Å². The summed E-state index contributed by atoms with van der Waals surface area (Å²) in [7, 11) is 1.73. The van der Waals surface area contributed by atoms with Crippen LogP contribution in [0.3, 0.4) is 0 Å². The summed E-state index contributed by atoms with van der Waals surface area (Å²) in [6, 6.07) is 4.35. The maximum Gasteiger partial charge on any atom is 0.228 e. The van der Waals surface area contributed by atoms with Crippen LogP contribution in [0, 0.1) is 17.3 Å². The SMILES string of the molecule is COC[C@H]1C(=O)N(CC2CC2)CC12CCN(Cc1cccs1)CC2. The number of carbonyl (C=O) groups excluding carboxylic acids is 1. The lowest BCUT2D eigenvalue weighted by Crippen LogP contribution is -2.45. The molecule has 5 heteroatoms. The zero-order valence-electron chi connectivity index (χ0n) is 14.6. The van der Waals surface area contributed by atoms with Crippen LogP contribution in [0.5, 0.6) is 0 Å². The number of amides is 1. The molecule has 2 saturated heterocycles. The van der Waals surface area contributed by atoms with E-state index < -0.39 is 0 Å². The number of rotatable bonds is 6. The van der Waals surface area contributed by atoms with Gasteiger partial charge < -0.3 is 9.64 Å². The molecule has 1 saturated carbocycles. The molecule has 1 aromatic rings. The lowest BCUT2D eigenvalue weighted by Gasteiger charge is -2.41. The molecule has 0 unspecified atom stereocenters. The van der Waals surface area contributed by atoms with Crippen molar-refractivity contribution >= 4 is 17.2 Å². The molecule has 3 fully saturated rings. The average molecular weight is 349 g/mol. The molecule has 1 aromatic heterocycles. The van der Waals surface area contributed by atoms with E-state index in [1.54, 1.807) is 7.11 Å². The Morgan fingerprint density at radius 1 is 1.33 bits per heavy atom. The van der Waals surface area contributed by atoms with Gasteiger partial charge in [-0.1, -0.05) is 6.07 Å². The Bertz CT molecular complexity index is 562. The van der Waals surface area contributed by atoms with Crippen molar-refractivity contribution in [1.29, 1.82) is 0 Å². The van der Waals surface area contributed by atoms with Crippen LogP contribution >= 0.6 is 11.3 Å². The highest BCUT2D eigenvalue weighted by molar-refractivity contribution is 7.09. The van der Waals surface area contributed by atoms with Gasteiger partial charge in [0.15, 0.2) is 0 Å². The Morgan fingerprint density at radius 2 is 2.12 bits per heavy atom. The molecule has 0 aromatic carbocycles. The second-order valence-electron chi connectivity index (χ2n) is 7.89. The molecule has 3 aliphatic rings. The van der Waals surface area contributed by atoms with Gasteiger partial charge >= 0.3 is 0 Å². The minimum atomic E-state index is 0.0742. The Labute approximate surface area is 148 Å². The topological polar surface area (TPSA) is 32.8 Å². The molecule has 0 bridgehead atoms. The maximum absolute atomic E-state index is 12.9. The minimum Gasteiger partial charge on any atom is -0.384 e. The first-order valence-corrected chi connectivity index (χ1v) is 10.1. The van der Waals surface area contributed by atoms with Gasteiger partial charge in [0.1, 0.15) is 0 Å². The van der Waals surface area contributed by atoms with E-state index in [4.69, 9.17) is 4.74 Å². The predicted molar refractivity (Wildman–Crippen MR) is 95.9 cm³/mol. The van der Waals surface area contributed by atoms with Gasteiger partial charge in [0.2, 0.25) is 5.91 Å². The summed E-state index contributed by atoms with van der Waals surface area (Å²) in [5.41, 5.74) is 0.147. The third-order valence-electron chi connectivity index (χ3n) is 6.17. The van der Waals surface area contributed by atoms with E-state index in [9.17, 15) is 4.79 Å². The van der Waals surface area contributed by atoms with E-state index in [2.05, 4.69) is 27.3 Å². The van der Waals surface area contributed by atoms with E-state index in [-0.39, 0.29) is 11.3 Å². The Hall–Kier alpha value is -0.910. The van der Waals surface area contributed by atoms with Crippen molar-refractivity contribution in [3.63, 3.8) is 0 Å². The lowest BCUT2D eigenvalue weighted by molar-refractivity contribution is -0.133. The lowest BCUT2D eigenvalue weighted by atomic mass is 9.71. The maximum atomic E-state index is 12.9. The summed E-state index contributed by atoms with van der Waals surface area (Å²) >= 11 is 1.84. The van der Waals surface area contributed by atoms with Gasteiger partial charge in [-0.05, 0) is 56.1 Å². The fourth-order valence-electron chi connectivity index (χ4n) is 4.52. The highest BCUT2D eigenvalue weighted by atomic mass is 32.1. The Kier molecular flexibility index (Phi) is 4.67. The van der Waals surface area contributed by atoms with Gasteiger partial charge in [0, 0.05) is 37.0 Å². The number of piperidine rings is 1. The molecule has 24 heavy (non-hydrogen) atoms. The quantitative estimate of drug-likeness (QED) is 0.792.